The number of rotatable bonds is 3. The molecule has 0 bridgehead atoms. The lowest BCUT2D eigenvalue weighted by atomic mass is 9.84. The van der Waals surface area contributed by atoms with Gasteiger partial charge in [0.1, 0.15) is 0 Å². The second-order valence-corrected chi connectivity index (χ2v) is 6.33. The Kier molecular flexibility index (Phi) is 3.95. The number of aliphatic imine (C=N–C) groups is 1. The van der Waals surface area contributed by atoms with Gasteiger partial charge < -0.3 is 11.5 Å². The van der Waals surface area contributed by atoms with Gasteiger partial charge in [-0.25, -0.2) is 0 Å². The molecule has 21 heavy (non-hydrogen) atoms. The van der Waals surface area contributed by atoms with E-state index >= 15 is 0 Å². The molecule has 0 aliphatic heterocycles. The van der Waals surface area contributed by atoms with Gasteiger partial charge in [0.25, 0.3) is 5.91 Å². The van der Waals surface area contributed by atoms with Gasteiger partial charge in [0.2, 0.25) is 0 Å². The van der Waals surface area contributed by atoms with Crippen molar-refractivity contribution in [1.29, 1.82) is 0 Å². The SMILES string of the molecule is NC(N)=NC(=O)C1CC1c1ccc(C2CCCCC2)cc1. The highest BCUT2D eigenvalue weighted by atomic mass is 16.1. The van der Waals surface area contributed by atoms with Crippen LogP contribution in [0.3, 0.4) is 0 Å². The Labute approximate surface area is 125 Å². The van der Waals surface area contributed by atoms with Gasteiger partial charge in [-0.1, -0.05) is 43.5 Å². The lowest BCUT2D eigenvalue weighted by Crippen LogP contribution is -2.24. The Bertz CT molecular complexity index is 540. The molecule has 3 rings (SSSR count). The normalized spacial score (nSPS) is 25.3. The van der Waals surface area contributed by atoms with Crippen LogP contribution >= 0.6 is 0 Å². The standard InChI is InChI=1S/C17H23N3O/c18-17(19)20-16(21)15-10-14(15)13-8-6-12(7-9-13)11-4-2-1-3-5-11/h6-9,11,14-15H,1-5,10H2,(H4,18,19,20,21). The molecule has 2 aliphatic rings. The zero-order valence-corrected chi connectivity index (χ0v) is 12.3. The van der Waals surface area contributed by atoms with Crippen LogP contribution in [0.15, 0.2) is 29.3 Å². The summed E-state index contributed by atoms with van der Waals surface area (Å²) in [5, 5.41) is 0. The topological polar surface area (TPSA) is 81.5 Å². The molecule has 2 saturated carbocycles. The third-order valence-electron chi connectivity index (χ3n) is 4.79. The van der Waals surface area contributed by atoms with E-state index in [1.165, 1.54) is 43.2 Å². The van der Waals surface area contributed by atoms with Crippen LogP contribution in [0.4, 0.5) is 0 Å². The number of hydrogen-bond acceptors (Lipinski definition) is 1. The number of amides is 1. The molecule has 4 N–H and O–H groups in total. The van der Waals surface area contributed by atoms with E-state index in [9.17, 15) is 4.79 Å². The predicted molar refractivity (Wildman–Crippen MR) is 83.9 cm³/mol. The van der Waals surface area contributed by atoms with Crippen LogP contribution in [-0.2, 0) is 4.79 Å². The quantitative estimate of drug-likeness (QED) is 0.661. The molecule has 4 nitrogen and oxygen atoms in total. The lowest BCUT2D eigenvalue weighted by molar-refractivity contribution is -0.119. The van der Waals surface area contributed by atoms with Crippen molar-refractivity contribution in [2.24, 2.45) is 22.4 Å². The number of nitrogens with two attached hydrogens (primary N) is 2. The molecule has 0 saturated heterocycles. The summed E-state index contributed by atoms with van der Waals surface area (Å²) in [5.41, 5.74) is 13.2. The third kappa shape index (κ3) is 3.26. The summed E-state index contributed by atoms with van der Waals surface area (Å²) < 4.78 is 0. The van der Waals surface area contributed by atoms with Gasteiger partial charge >= 0.3 is 0 Å². The fraction of sp³-hybridized carbons (Fsp3) is 0.529. The molecule has 0 heterocycles. The number of benzene rings is 1. The minimum absolute atomic E-state index is 0.0346. The minimum Gasteiger partial charge on any atom is -0.370 e. The molecule has 0 aromatic heterocycles. The van der Waals surface area contributed by atoms with Gasteiger partial charge in [-0.2, -0.15) is 4.99 Å². The summed E-state index contributed by atoms with van der Waals surface area (Å²) in [6.07, 6.45) is 7.57. The first-order valence-electron chi connectivity index (χ1n) is 7.88. The summed E-state index contributed by atoms with van der Waals surface area (Å²) in [6.45, 7) is 0. The summed E-state index contributed by atoms with van der Waals surface area (Å²) in [5.74, 6) is 0.661. The van der Waals surface area contributed by atoms with Crippen LogP contribution in [0.5, 0.6) is 0 Å². The Morgan fingerprint density at radius 2 is 1.62 bits per heavy atom. The van der Waals surface area contributed by atoms with Crippen molar-refractivity contribution in [3.63, 3.8) is 0 Å². The summed E-state index contributed by atoms with van der Waals surface area (Å²) in [7, 11) is 0. The Morgan fingerprint density at radius 1 is 1.00 bits per heavy atom. The Morgan fingerprint density at radius 3 is 2.24 bits per heavy atom. The molecule has 0 spiro atoms. The molecule has 4 heteroatoms. The van der Waals surface area contributed by atoms with Crippen molar-refractivity contribution in [1.82, 2.24) is 0 Å². The van der Waals surface area contributed by atoms with E-state index in [0.717, 1.165) is 12.3 Å². The zero-order chi connectivity index (χ0) is 14.8. The summed E-state index contributed by atoms with van der Waals surface area (Å²) in [4.78, 5) is 15.4. The number of carbonyl (C=O) groups excluding carboxylic acids is 1. The molecule has 2 fully saturated rings. The summed E-state index contributed by atoms with van der Waals surface area (Å²) >= 11 is 0. The first-order chi connectivity index (χ1) is 10.1. The average molecular weight is 285 g/mol. The molecule has 112 valence electrons. The molecule has 1 amide bonds. The van der Waals surface area contributed by atoms with E-state index in [4.69, 9.17) is 11.5 Å². The molecule has 2 atom stereocenters. The third-order valence-corrected chi connectivity index (χ3v) is 4.79. The molecule has 0 radical (unpaired) electrons. The second kappa shape index (κ2) is 5.88. The van der Waals surface area contributed by atoms with E-state index in [1.54, 1.807) is 0 Å². The predicted octanol–water partition coefficient (Wildman–Crippen LogP) is 2.64. The fourth-order valence-electron chi connectivity index (χ4n) is 3.50. The lowest BCUT2D eigenvalue weighted by Gasteiger charge is -2.22. The maximum atomic E-state index is 11.8. The van der Waals surface area contributed by atoms with Gasteiger partial charge in [-0.3, -0.25) is 4.79 Å². The van der Waals surface area contributed by atoms with E-state index in [-0.39, 0.29) is 17.8 Å². The highest BCUT2D eigenvalue weighted by Crippen LogP contribution is 2.48. The average Bonchev–Trinajstić information content (AvgIpc) is 3.28. The first-order valence-corrected chi connectivity index (χ1v) is 7.88. The van der Waals surface area contributed by atoms with Crippen LogP contribution in [-0.4, -0.2) is 11.9 Å². The van der Waals surface area contributed by atoms with Crippen LogP contribution in [0, 0.1) is 5.92 Å². The summed E-state index contributed by atoms with van der Waals surface area (Å²) in [6, 6.07) is 8.84. The van der Waals surface area contributed by atoms with Crippen LogP contribution in [0.2, 0.25) is 0 Å². The fourth-order valence-corrected chi connectivity index (χ4v) is 3.50. The molecular weight excluding hydrogens is 262 g/mol. The molecule has 1 aromatic carbocycles. The zero-order valence-electron chi connectivity index (χ0n) is 12.3. The molecular formula is C17H23N3O. The van der Waals surface area contributed by atoms with Crippen molar-refractivity contribution < 1.29 is 4.79 Å². The van der Waals surface area contributed by atoms with Crippen molar-refractivity contribution in [2.45, 2.75) is 50.4 Å². The van der Waals surface area contributed by atoms with Crippen LogP contribution in [0.25, 0.3) is 0 Å². The number of nitrogens with zero attached hydrogens (tertiary/aromatic N) is 1. The molecule has 2 aliphatic carbocycles. The van der Waals surface area contributed by atoms with Crippen molar-refractivity contribution >= 4 is 11.9 Å². The first kappa shape index (κ1) is 14.1. The monoisotopic (exact) mass is 285 g/mol. The van der Waals surface area contributed by atoms with Crippen molar-refractivity contribution in [3.05, 3.63) is 35.4 Å². The largest absolute Gasteiger partial charge is 0.370 e. The number of guanidine groups is 1. The second-order valence-electron chi connectivity index (χ2n) is 6.33. The van der Waals surface area contributed by atoms with E-state index in [1.807, 2.05) is 0 Å². The van der Waals surface area contributed by atoms with Crippen LogP contribution < -0.4 is 11.5 Å². The minimum atomic E-state index is -0.184. The van der Waals surface area contributed by atoms with Crippen molar-refractivity contribution in [2.75, 3.05) is 0 Å². The Hall–Kier alpha value is -1.84. The van der Waals surface area contributed by atoms with E-state index in [0.29, 0.717) is 5.92 Å². The maximum absolute atomic E-state index is 11.8. The molecule has 1 aromatic rings. The number of carbonyl (C=O) groups is 1. The van der Waals surface area contributed by atoms with Gasteiger partial charge in [0, 0.05) is 5.92 Å². The highest BCUT2D eigenvalue weighted by molar-refractivity contribution is 5.94. The van der Waals surface area contributed by atoms with E-state index in [2.05, 4.69) is 29.3 Å². The van der Waals surface area contributed by atoms with Gasteiger partial charge in [0.05, 0.1) is 0 Å². The molecule has 2 unspecified atom stereocenters. The maximum Gasteiger partial charge on any atom is 0.252 e. The van der Waals surface area contributed by atoms with Gasteiger partial charge in [0.15, 0.2) is 5.96 Å². The van der Waals surface area contributed by atoms with Gasteiger partial charge in [-0.05, 0) is 42.2 Å². The highest BCUT2D eigenvalue weighted by Gasteiger charge is 2.44. The number of hydrogen-bond donors (Lipinski definition) is 2. The van der Waals surface area contributed by atoms with Crippen molar-refractivity contribution in [3.8, 4) is 0 Å². The Balaban J connectivity index is 1.63. The smallest absolute Gasteiger partial charge is 0.252 e. The van der Waals surface area contributed by atoms with Crippen LogP contribution in [0.1, 0.15) is 61.5 Å². The van der Waals surface area contributed by atoms with Gasteiger partial charge in [-0.15, -0.1) is 0 Å². The van der Waals surface area contributed by atoms with E-state index < -0.39 is 0 Å².